The summed E-state index contributed by atoms with van der Waals surface area (Å²) in [5.74, 6) is 0.899. The van der Waals surface area contributed by atoms with Crippen molar-refractivity contribution < 1.29 is 4.79 Å². The molecule has 1 aliphatic rings. The van der Waals surface area contributed by atoms with Gasteiger partial charge in [0.25, 0.3) is 5.91 Å². The van der Waals surface area contributed by atoms with E-state index in [1.54, 1.807) is 23.7 Å². The number of rotatable bonds is 4. The number of thiophene rings is 1. The fourth-order valence-electron chi connectivity index (χ4n) is 3.55. The minimum absolute atomic E-state index is 0.0663. The number of hydrogen-bond donors (Lipinski definition) is 0. The summed E-state index contributed by atoms with van der Waals surface area (Å²) in [4.78, 5) is 27.7. The number of anilines is 1. The van der Waals surface area contributed by atoms with Gasteiger partial charge in [0, 0.05) is 44.1 Å². The van der Waals surface area contributed by atoms with Crippen molar-refractivity contribution in [2.24, 2.45) is 0 Å². The van der Waals surface area contributed by atoms with Gasteiger partial charge in [-0.05, 0) is 42.6 Å². The molecule has 5 rings (SSSR count). The highest BCUT2D eigenvalue weighted by Crippen LogP contribution is 2.32. The highest BCUT2D eigenvalue weighted by atomic mass is 32.1. The van der Waals surface area contributed by atoms with Gasteiger partial charge in [-0.15, -0.1) is 32.9 Å². The molecule has 0 aliphatic carbocycles. The van der Waals surface area contributed by atoms with Gasteiger partial charge < -0.3 is 9.80 Å². The van der Waals surface area contributed by atoms with Crippen LogP contribution >= 0.6 is 22.7 Å². The lowest BCUT2D eigenvalue weighted by Gasteiger charge is -2.35. The van der Waals surface area contributed by atoms with E-state index in [2.05, 4.69) is 25.1 Å². The zero-order valence-electron chi connectivity index (χ0n) is 16.9. The average molecular weight is 449 g/mol. The summed E-state index contributed by atoms with van der Waals surface area (Å²) in [6.45, 7) is 4.67. The van der Waals surface area contributed by atoms with E-state index in [1.165, 1.54) is 11.3 Å². The lowest BCUT2D eigenvalue weighted by molar-refractivity contribution is 0.0750. The van der Waals surface area contributed by atoms with Gasteiger partial charge >= 0.3 is 0 Å². The predicted octanol–water partition coefficient (Wildman–Crippen LogP) is 3.99. The van der Waals surface area contributed by atoms with Crippen LogP contribution in [-0.2, 0) is 0 Å². The fraction of sp³-hybridized carbons (Fsp3) is 0.227. The minimum Gasteiger partial charge on any atom is -0.352 e. The minimum atomic E-state index is 0.0663. The maximum absolute atomic E-state index is 13.1. The summed E-state index contributed by atoms with van der Waals surface area (Å²) in [7, 11) is 0. The van der Waals surface area contributed by atoms with Crippen LogP contribution in [0.3, 0.4) is 0 Å². The van der Waals surface area contributed by atoms with Gasteiger partial charge in [-0.1, -0.05) is 6.07 Å². The first-order valence-corrected chi connectivity index (χ1v) is 11.7. The van der Waals surface area contributed by atoms with E-state index in [4.69, 9.17) is 0 Å². The number of aromatic nitrogens is 4. The summed E-state index contributed by atoms with van der Waals surface area (Å²) in [6, 6.07) is 11.8. The van der Waals surface area contributed by atoms with E-state index in [1.807, 2.05) is 53.6 Å². The summed E-state index contributed by atoms with van der Waals surface area (Å²) in [5.41, 5.74) is 2.62. The van der Waals surface area contributed by atoms with Crippen LogP contribution in [-0.4, -0.2) is 57.2 Å². The summed E-state index contributed by atoms with van der Waals surface area (Å²) in [6.07, 6.45) is 3.49. The molecule has 0 radical (unpaired) electrons. The first kappa shape index (κ1) is 19.8. The van der Waals surface area contributed by atoms with E-state index in [9.17, 15) is 4.79 Å². The number of amides is 1. The highest BCUT2D eigenvalue weighted by Gasteiger charge is 2.26. The normalized spacial score (nSPS) is 14.1. The van der Waals surface area contributed by atoms with Crippen LogP contribution in [0.2, 0.25) is 0 Å². The van der Waals surface area contributed by atoms with Crippen molar-refractivity contribution in [2.45, 2.75) is 6.92 Å². The second-order valence-corrected chi connectivity index (χ2v) is 9.15. The van der Waals surface area contributed by atoms with Crippen molar-refractivity contribution in [3.8, 4) is 21.1 Å². The maximum Gasteiger partial charge on any atom is 0.265 e. The molecule has 4 aromatic heterocycles. The molecule has 0 unspecified atom stereocenters. The van der Waals surface area contributed by atoms with Crippen LogP contribution in [0.25, 0.3) is 21.1 Å². The summed E-state index contributed by atoms with van der Waals surface area (Å²) in [5, 5.41) is 11.7. The molecule has 5 heterocycles. The fourth-order valence-corrected chi connectivity index (χ4v) is 5.38. The molecule has 31 heavy (non-hydrogen) atoms. The lowest BCUT2D eigenvalue weighted by Crippen LogP contribution is -2.49. The van der Waals surface area contributed by atoms with Crippen molar-refractivity contribution in [2.75, 3.05) is 31.1 Å². The second-order valence-electron chi connectivity index (χ2n) is 7.20. The molecule has 156 valence electrons. The maximum atomic E-state index is 13.1. The van der Waals surface area contributed by atoms with Crippen molar-refractivity contribution in [3.05, 3.63) is 64.7 Å². The average Bonchev–Trinajstić information content (AvgIpc) is 3.49. The molecule has 9 heteroatoms. The molecule has 0 saturated carbocycles. The smallest absolute Gasteiger partial charge is 0.265 e. The number of pyridine rings is 1. The Morgan fingerprint density at radius 1 is 1.00 bits per heavy atom. The largest absolute Gasteiger partial charge is 0.352 e. The topological polar surface area (TPSA) is 75.1 Å². The molecule has 1 fully saturated rings. The Morgan fingerprint density at radius 2 is 1.81 bits per heavy atom. The molecule has 0 aromatic carbocycles. The molecule has 0 bridgehead atoms. The standard InChI is InChI=1S/C22H20N6OS2/c1-15-20(31-21(24-15)18-3-2-14-30-18)22(29)28-12-10-27(11-13-28)19-5-4-17(25-26-19)16-6-8-23-9-7-16/h2-9,14H,10-13H2,1H3. The van der Waals surface area contributed by atoms with Gasteiger partial charge in [-0.25, -0.2) is 4.98 Å². The molecular formula is C22H20N6OS2. The first-order valence-electron chi connectivity index (χ1n) is 9.99. The van der Waals surface area contributed by atoms with Crippen LogP contribution in [0.4, 0.5) is 5.82 Å². The Balaban J connectivity index is 1.24. The molecule has 1 aliphatic heterocycles. The molecule has 0 spiro atoms. The van der Waals surface area contributed by atoms with Crippen LogP contribution in [0.5, 0.6) is 0 Å². The van der Waals surface area contributed by atoms with Gasteiger partial charge in [-0.3, -0.25) is 9.78 Å². The molecule has 1 saturated heterocycles. The van der Waals surface area contributed by atoms with Crippen molar-refractivity contribution in [3.63, 3.8) is 0 Å². The monoisotopic (exact) mass is 448 g/mol. The highest BCUT2D eigenvalue weighted by molar-refractivity contribution is 7.22. The quantitative estimate of drug-likeness (QED) is 0.470. The molecule has 7 nitrogen and oxygen atoms in total. The SMILES string of the molecule is Cc1nc(-c2cccs2)sc1C(=O)N1CCN(c2ccc(-c3ccncc3)nn2)CC1. The molecular weight excluding hydrogens is 428 g/mol. The van der Waals surface area contributed by atoms with Gasteiger partial charge in [0.15, 0.2) is 5.82 Å². The number of nitrogens with zero attached hydrogens (tertiary/aromatic N) is 6. The van der Waals surface area contributed by atoms with E-state index < -0.39 is 0 Å². The van der Waals surface area contributed by atoms with Crippen molar-refractivity contribution in [1.29, 1.82) is 0 Å². The number of thiazole rings is 1. The zero-order valence-corrected chi connectivity index (χ0v) is 18.6. The number of hydrogen-bond acceptors (Lipinski definition) is 8. The second kappa shape index (κ2) is 8.52. The van der Waals surface area contributed by atoms with Crippen molar-refractivity contribution in [1.82, 2.24) is 25.1 Å². The number of carbonyl (C=O) groups excluding carboxylic acids is 1. The van der Waals surface area contributed by atoms with Gasteiger partial charge in [0.05, 0.1) is 16.3 Å². The van der Waals surface area contributed by atoms with Gasteiger partial charge in [0.1, 0.15) is 9.88 Å². The third kappa shape index (κ3) is 4.06. The van der Waals surface area contributed by atoms with Crippen LogP contribution < -0.4 is 4.90 Å². The third-order valence-corrected chi connectivity index (χ3v) is 7.42. The van der Waals surface area contributed by atoms with E-state index in [-0.39, 0.29) is 5.91 Å². The predicted molar refractivity (Wildman–Crippen MR) is 124 cm³/mol. The summed E-state index contributed by atoms with van der Waals surface area (Å²) < 4.78 is 0. The Kier molecular flexibility index (Phi) is 5.44. The molecule has 0 N–H and O–H groups in total. The van der Waals surface area contributed by atoms with E-state index >= 15 is 0 Å². The van der Waals surface area contributed by atoms with Crippen molar-refractivity contribution >= 4 is 34.4 Å². The van der Waals surface area contributed by atoms with Gasteiger partial charge in [0.2, 0.25) is 0 Å². The number of piperazine rings is 1. The Hall–Kier alpha value is -3.17. The van der Waals surface area contributed by atoms with Gasteiger partial charge in [-0.2, -0.15) is 0 Å². The van der Waals surface area contributed by atoms with E-state index in [0.29, 0.717) is 13.1 Å². The summed E-state index contributed by atoms with van der Waals surface area (Å²) >= 11 is 3.13. The Bertz CT molecular complexity index is 1170. The van der Waals surface area contributed by atoms with E-state index in [0.717, 1.165) is 50.6 Å². The third-order valence-electron chi connectivity index (χ3n) is 5.24. The lowest BCUT2D eigenvalue weighted by atomic mass is 10.2. The first-order chi connectivity index (χ1) is 15.2. The Morgan fingerprint density at radius 3 is 2.48 bits per heavy atom. The molecule has 1 amide bonds. The number of carbonyl (C=O) groups is 1. The number of aryl methyl sites for hydroxylation is 1. The zero-order chi connectivity index (χ0) is 21.2. The van der Waals surface area contributed by atoms with Crippen LogP contribution in [0.15, 0.2) is 54.2 Å². The molecule has 0 atom stereocenters. The van der Waals surface area contributed by atoms with Crippen LogP contribution in [0.1, 0.15) is 15.4 Å². The Labute approximate surface area is 188 Å². The van der Waals surface area contributed by atoms with Crippen LogP contribution in [0, 0.1) is 6.92 Å². The molecule has 4 aromatic rings.